The van der Waals surface area contributed by atoms with Crippen molar-refractivity contribution in [2.75, 3.05) is 24.3 Å². The number of alkyl halides is 8. The maximum absolute atomic E-state index is 15.5. The zero-order valence-electron chi connectivity index (χ0n) is 30.7. The molecule has 1 aromatic heterocycles. The number of thioether (sulfide) groups is 2. The summed E-state index contributed by atoms with van der Waals surface area (Å²) >= 11 is 3.11. The van der Waals surface area contributed by atoms with Gasteiger partial charge in [0, 0.05) is 41.9 Å². The first kappa shape index (κ1) is 43.9. The molecule has 8 nitrogen and oxygen atoms in total. The molecule has 1 aliphatic carbocycles. The molecule has 2 fully saturated rings. The van der Waals surface area contributed by atoms with Crippen LogP contribution in [0.5, 0.6) is 0 Å². The van der Waals surface area contributed by atoms with E-state index in [2.05, 4.69) is 10.3 Å². The van der Waals surface area contributed by atoms with Crippen LogP contribution in [0, 0.1) is 16.7 Å². The fraction of sp³-hybridized carbons (Fsp3) is 0.553. The maximum atomic E-state index is 15.5. The average Bonchev–Trinajstić information content (AvgIpc) is 3.60. The SMILES string of the molecule is CC(C)(CC[C@H](CCSCc1ccc(C(F)(F)F)cc1)SCc1ccc(C(F)(F)F)cc1)CC(=O)Nc1ccn([C@@H]2OC3(C)[C@H](CO)C3(CO)C2(F)F)c(=O)n1. The Bertz CT molecular complexity index is 1890. The van der Waals surface area contributed by atoms with Gasteiger partial charge in [0.1, 0.15) is 5.82 Å². The van der Waals surface area contributed by atoms with Crippen LogP contribution in [0.15, 0.2) is 65.6 Å². The zero-order valence-corrected chi connectivity index (χ0v) is 32.4. The zero-order chi connectivity index (χ0) is 41.3. The van der Waals surface area contributed by atoms with Crippen molar-refractivity contribution in [2.24, 2.45) is 16.7 Å². The van der Waals surface area contributed by atoms with Crippen LogP contribution >= 0.6 is 23.5 Å². The molecule has 5 atom stereocenters. The third-order valence-electron chi connectivity index (χ3n) is 10.8. The highest BCUT2D eigenvalue weighted by Gasteiger charge is 2.91. The summed E-state index contributed by atoms with van der Waals surface area (Å²) in [5.41, 5.74) is -5.35. The summed E-state index contributed by atoms with van der Waals surface area (Å²) in [6.45, 7) is 3.49. The molecule has 0 bridgehead atoms. The highest BCUT2D eigenvalue weighted by molar-refractivity contribution is 7.99. The Labute approximate surface area is 326 Å². The Morgan fingerprint density at radius 3 is 2.00 bits per heavy atom. The van der Waals surface area contributed by atoms with Gasteiger partial charge in [0.2, 0.25) is 12.1 Å². The van der Waals surface area contributed by atoms with Gasteiger partial charge in [0.05, 0.1) is 28.7 Å². The number of anilines is 1. The summed E-state index contributed by atoms with van der Waals surface area (Å²) in [6.07, 6.45) is -8.08. The highest BCUT2D eigenvalue weighted by Crippen LogP contribution is 2.78. The van der Waals surface area contributed by atoms with Gasteiger partial charge >= 0.3 is 24.0 Å². The van der Waals surface area contributed by atoms with Gasteiger partial charge in [-0.2, -0.15) is 54.9 Å². The molecule has 5 rings (SSSR count). The van der Waals surface area contributed by atoms with Gasteiger partial charge in [-0.1, -0.05) is 38.1 Å². The second-order valence-corrected chi connectivity index (χ2v) is 17.6. The number of nitrogens with zero attached hydrogens (tertiary/aromatic N) is 2. The summed E-state index contributed by atoms with van der Waals surface area (Å²) < 4.78 is 115. The van der Waals surface area contributed by atoms with Crippen LogP contribution in [0.2, 0.25) is 0 Å². The van der Waals surface area contributed by atoms with Crippen LogP contribution in [0.3, 0.4) is 0 Å². The molecule has 0 radical (unpaired) electrons. The Kier molecular flexibility index (Phi) is 13.0. The van der Waals surface area contributed by atoms with Crippen LogP contribution in [0.4, 0.5) is 40.9 Å². The first-order chi connectivity index (χ1) is 26.1. The molecule has 56 heavy (non-hydrogen) atoms. The number of aromatic nitrogens is 2. The quantitative estimate of drug-likeness (QED) is 0.0917. The fourth-order valence-electron chi connectivity index (χ4n) is 7.40. The average molecular weight is 838 g/mol. The van der Waals surface area contributed by atoms with E-state index >= 15 is 8.78 Å². The standard InChI is InChI=1S/C38H43F8N3O5S2/c1-33(2,18-30(52)47-29-13-16-49(32(53)48-29)31-36(39,40)35(22-51)28(19-50)34(35,3)54-31)15-12-27(56-21-24-6-10-26(11-7-24)38(44,45)46)14-17-55-20-23-4-8-25(9-5-23)37(41,42)43/h4-11,13,16,27-28,31,50-51H,12,14-15,17-22H2,1-3H3,(H,47,48,52,53)/t27-,28+,31-,34?,35?/m1/s1. The van der Waals surface area contributed by atoms with Crippen molar-refractivity contribution >= 4 is 35.2 Å². The number of rotatable bonds is 17. The molecule has 18 heteroatoms. The van der Waals surface area contributed by atoms with E-state index in [0.717, 1.165) is 36.0 Å². The lowest BCUT2D eigenvalue weighted by molar-refractivity contribution is -0.182. The second kappa shape index (κ2) is 16.6. The van der Waals surface area contributed by atoms with Crippen molar-refractivity contribution in [3.8, 4) is 0 Å². The van der Waals surface area contributed by atoms with Gasteiger partial charge in [0.15, 0.2) is 0 Å². The largest absolute Gasteiger partial charge is 0.416 e. The third-order valence-corrected chi connectivity index (χ3v) is 13.3. The van der Waals surface area contributed by atoms with Crippen LogP contribution in [0.1, 0.15) is 74.9 Å². The van der Waals surface area contributed by atoms with Crippen LogP contribution in [-0.4, -0.2) is 61.4 Å². The number of carbonyl (C=O) groups excluding carboxylic acids is 1. The second-order valence-electron chi connectivity index (χ2n) is 15.2. The summed E-state index contributed by atoms with van der Waals surface area (Å²) in [7, 11) is 0. The Hall–Kier alpha value is -3.19. The van der Waals surface area contributed by atoms with Gasteiger partial charge in [-0.15, -0.1) is 0 Å². The van der Waals surface area contributed by atoms with Crippen molar-refractivity contribution in [1.29, 1.82) is 0 Å². The topological polar surface area (TPSA) is 114 Å². The molecule has 0 spiro atoms. The van der Waals surface area contributed by atoms with Gasteiger partial charge in [0.25, 0.3) is 0 Å². The molecule has 2 aromatic carbocycles. The highest BCUT2D eigenvalue weighted by atomic mass is 32.2. The lowest BCUT2D eigenvalue weighted by Gasteiger charge is -2.29. The number of hydrogen-bond acceptors (Lipinski definition) is 8. The number of benzene rings is 2. The Morgan fingerprint density at radius 1 is 0.929 bits per heavy atom. The minimum absolute atomic E-state index is 0.000453. The monoisotopic (exact) mass is 837 g/mol. The van der Waals surface area contributed by atoms with Crippen molar-refractivity contribution in [3.63, 3.8) is 0 Å². The number of aliphatic hydroxyl groups is 2. The molecule has 1 aliphatic heterocycles. The Morgan fingerprint density at radius 2 is 1.50 bits per heavy atom. The normalized spacial score (nSPS) is 23.8. The molecule has 3 aromatic rings. The fourth-order valence-corrected chi connectivity index (χ4v) is 9.77. The summed E-state index contributed by atoms with van der Waals surface area (Å²) in [6, 6.07) is 11.1. The van der Waals surface area contributed by atoms with Crippen LogP contribution in [-0.2, 0) is 33.4 Å². The summed E-state index contributed by atoms with van der Waals surface area (Å²) in [5, 5.41) is 22.0. The smallest absolute Gasteiger partial charge is 0.396 e. The predicted octanol–water partition coefficient (Wildman–Crippen LogP) is 8.57. The van der Waals surface area contributed by atoms with Crippen molar-refractivity contribution in [3.05, 3.63) is 93.5 Å². The molecule has 1 saturated carbocycles. The number of carbonyl (C=O) groups is 1. The maximum Gasteiger partial charge on any atom is 0.416 e. The van der Waals surface area contributed by atoms with Crippen molar-refractivity contribution in [1.82, 2.24) is 9.55 Å². The van der Waals surface area contributed by atoms with E-state index in [1.165, 1.54) is 37.3 Å². The minimum Gasteiger partial charge on any atom is -0.396 e. The van der Waals surface area contributed by atoms with E-state index in [-0.39, 0.29) is 17.5 Å². The van der Waals surface area contributed by atoms with Crippen LogP contribution < -0.4 is 11.0 Å². The lowest BCUT2D eigenvalue weighted by atomic mass is 9.83. The number of halogens is 8. The molecular weight excluding hydrogens is 795 g/mol. The van der Waals surface area contributed by atoms with Crippen LogP contribution in [0.25, 0.3) is 0 Å². The number of nitrogens with one attached hydrogen (secondary N) is 1. The third kappa shape index (κ3) is 9.24. The molecule has 2 heterocycles. The predicted molar refractivity (Wildman–Crippen MR) is 197 cm³/mol. The van der Waals surface area contributed by atoms with Crippen molar-refractivity contribution < 1.29 is 54.9 Å². The number of hydrogen-bond donors (Lipinski definition) is 3. The van der Waals surface area contributed by atoms with E-state index in [1.807, 2.05) is 13.8 Å². The van der Waals surface area contributed by atoms with E-state index in [4.69, 9.17) is 4.74 Å². The molecule has 308 valence electrons. The molecular formula is C38H43F8N3O5S2. The van der Waals surface area contributed by atoms with Crippen molar-refractivity contribution in [2.45, 2.75) is 93.3 Å². The van der Waals surface area contributed by atoms with E-state index in [9.17, 15) is 46.1 Å². The minimum atomic E-state index is -4.45. The van der Waals surface area contributed by atoms with Gasteiger partial charge in [-0.3, -0.25) is 9.36 Å². The van der Waals surface area contributed by atoms with Gasteiger partial charge in [-0.25, -0.2) is 13.6 Å². The Balaban J connectivity index is 1.17. The molecule has 2 aliphatic rings. The number of aliphatic hydroxyl groups excluding tert-OH is 2. The molecule has 3 N–H and O–H groups in total. The summed E-state index contributed by atoms with van der Waals surface area (Å²) in [5.74, 6) is -3.81. The molecule has 1 amide bonds. The lowest BCUT2D eigenvalue weighted by Crippen LogP contribution is -2.44. The first-order valence-electron chi connectivity index (χ1n) is 17.8. The summed E-state index contributed by atoms with van der Waals surface area (Å²) in [4.78, 5) is 29.7. The van der Waals surface area contributed by atoms with E-state index in [0.29, 0.717) is 46.7 Å². The number of ether oxygens (including phenoxy) is 1. The van der Waals surface area contributed by atoms with E-state index < -0.39 is 82.8 Å². The van der Waals surface area contributed by atoms with Gasteiger partial charge < -0.3 is 20.3 Å². The first-order valence-corrected chi connectivity index (χ1v) is 20.0. The van der Waals surface area contributed by atoms with Gasteiger partial charge in [-0.05, 0) is 78.8 Å². The molecule has 2 unspecified atom stereocenters. The number of fused-ring (bicyclic) bond motifs is 1. The molecule has 1 saturated heterocycles. The number of amides is 1. The van der Waals surface area contributed by atoms with E-state index in [1.54, 1.807) is 23.5 Å².